The molecule has 0 saturated heterocycles. The number of hydrogen-bond donors (Lipinski definition) is 0. The molecular weight excluding hydrogens is 467 g/mol. The van der Waals surface area contributed by atoms with Gasteiger partial charge in [0.05, 0.1) is 4.90 Å². The van der Waals surface area contributed by atoms with E-state index in [1.165, 1.54) is 10.4 Å². The number of anilines is 1. The summed E-state index contributed by atoms with van der Waals surface area (Å²) in [6, 6.07) is 11.5. The number of para-hydroxylation sites is 1. The fourth-order valence-corrected chi connectivity index (χ4v) is 6.73. The van der Waals surface area contributed by atoms with E-state index in [4.69, 9.17) is 0 Å². The summed E-state index contributed by atoms with van der Waals surface area (Å²) in [5.41, 5.74) is 4.01. The fourth-order valence-electron chi connectivity index (χ4n) is 5.22. The summed E-state index contributed by atoms with van der Waals surface area (Å²) in [5.74, 6) is -0.604. The average molecular weight is 497 g/mol. The smallest absolute Gasteiger partial charge is 0.279 e. The monoisotopic (exact) mass is 496 g/mol. The van der Waals surface area contributed by atoms with E-state index in [-0.39, 0.29) is 16.6 Å². The van der Waals surface area contributed by atoms with Crippen molar-refractivity contribution in [2.24, 2.45) is 0 Å². The van der Waals surface area contributed by atoms with E-state index in [1.807, 2.05) is 13.8 Å². The lowest BCUT2D eigenvalue weighted by Crippen LogP contribution is -2.36. The number of amides is 1. The first kappa shape index (κ1) is 23.7. The van der Waals surface area contributed by atoms with Crippen molar-refractivity contribution in [1.82, 2.24) is 14.1 Å². The van der Waals surface area contributed by atoms with Gasteiger partial charge in [-0.15, -0.1) is 0 Å². The van der Waals surface area contributed by atoms with Gasteiger partial charge in [-0.05, 0) is 68.0 Å². The molecule has 3 aromatic rings. The molecule has 0 spiro atoms. The van der Waals surface area contributed by atoms with E-state index in [1.54, 1.807) is 46.0 Å². The molecule has 2 aliphatic rings. The van der Waals surface area contributed by atoms with Crippen LogP contribution in [-0.2, 0) is 29.3 Å². The second-order valence-corrected chi connectivity index (χ2v) is 10.9. The van der Waals surface area contributed by atoms with Crippen LogP contribution in [0.1, 0.15) is 54.0 Å². The minimum Gasteiger partial charge on any atom is -0.307 e. The number of carbonyl (C=O) groups excluding carboxylic acids is 1. The molecule has 7 nitrogen and oxygen atoms in total. The predicted octanol–water partition coefficient (Wildman–Crippen LogP) is 4.12. The van der Waals surface area contributed by atoms with E-state index in [0.717, 1.165) is 42.5 Å². The van der Waals surface area contributed by atoms with Crippen LogP contribution in [0.5, 0.6) is 0 Å². The SMILES string of the molecule is CCN(CC)S(=O)(=O)c1ccc2c(c1)CCCN2C(=O)c1nn(-c2ccccc2F)c2c1CCC2. The van der Waals surface area contributed by atoms with Crippen LogP contribution in [0.15, 0.2) is 47.4 Å². The minimum atomic E-state index is -3.59. The van der Waals surface area contributed by atoms with Gasteiger partial charge in [-0.2, -0.15) is 9.40 Å². The highest BCUT2D eigenvalue weighted by atomic mass is 32.2. The molecule has 0 bridgehead atoms. The average Bonchev–Trinajstić information content (AvgIpc) is 3.47. The van der Waals surface area contributed by atoms with E-state index in [0.29, 0.717) is 43.1 Å². The summed E-state index contributed by atoms with van der Waals surface area (Å²) < 4.78 is 43.6. The summed E-state index contributed by atoms with van der Waals surface area (Å²) >= 11 is 0. The van der Waals surface area contributed by atoms with E-state index < -0.39 is 10.0 Å². The largest absolute Gasteiger partial charge is 0.307 e. The number of benzene rings is 2. The number of nitrogens with zero attached hydrogens (tertiary/aromatic N) is 4. The van der Waals surface area contributed by atoms with Crippen molar-refractivity contribution in [3.05, 3.63) is 70.8 Å². The number of hydrogen-bond acceptors (Lipinski definition) is 4. The van der Waals surface area contributed by atoms with Crippen molar-refractivity contribution >= 4 is 21.6 Å². The lowest BCUT2D eigenvalue weighted by atomic mass is 10.0. The summed E-state index contributed by atoms with van der Waals surface area (Å²) in [6.45, 7) is 4.96. The van der Waals surface area contributed by atoms with Crippen LogP contribution >= 0.6 is 0 Å². The number of aryl methyl sites for hydroxylation is 1. The molecular formula is C26H29FN4O3S. The van der Waals surface area contributed by atoms with E-state index in [9.17, 15) is 17.6 Å². The maximum absolute atomic E-state index is 14.5. The van der Waals surface area contributed by atoms with Gasteiger partial charge in [0.2, 0.25) is 10.0 Å². The molecule has 0 saturated carbocycles. The Balaban J connectivity index is 1.52. The molecule has 1 aromatic heterocycles. The van der Waals surface area contributed by atoms with E-state index >= 15 is 0 Å². The number of aromatic nitrogens is 2. The maximum Gasteiger partial charge on any atom is 0.279 e. The Hall–Kier alpha value is -3.04. The second-order valence-electron chi connectivity index (χ2n) is 8.93. The molecule has 2 heterocycles. The van der Waals surface area contributed by atoms with Gasteiger partial charge in [-0.1, -0.05) is 26.0 Å². The Kier molecular flexibility index (Phi) is 6.23. The van der Waals surface area contributed by atoms with Gasteiger partial charge in [0.25, 0.3) is 5.91 Å². The van der Waals surface area contributed by atoms with Gasteiger partial charge in [-0.25, -0.2) is 17.5 Å². The third kappa shape index (κ3) is 3.96. The molecule has 0 fully saturated rings. The number of rotatable bonds is 6. The zero-order chi connectivity index (χ0) is 24.7. The molecule has 0 radical (unpaired) electrons. The van der Waals surface area contributed by atoms with Crippen molar-refractivity contribution in [3.8, 4) is 5.69 Å². The van der Waals surface area contributed by atoms with Gasteiger partial charge in [0.15, 0.2) is 5.69 Å². The molecule has 0 unspecified atom stereocenters. The van der Waals surface area contributed by atoms with Crippen LogP contribution in [0.4, 0.5) is 10.1 Å². The Morgan fingerprint density at radius 2 is 1.80 bits per heavy atom. The van der Waals surface area contributed by atoms with Crippen molar-refractivity contribution in [2.45, 2.75) is 50.8 Å². The summed E-state index contributed by atoms with van der Waals surface area (Å²) in [7, 11) is -3.59. The normalized spacial score (nSPS) is 15.4. The number of halogens is 1. The predicted molar refractivity (Wildman–Crippen MR) is 132 cm³/mol. The summed E-state index contributed by atoms with van der Waals surface area (Å²) in [4.78, 5) is 15.7. The fraction of sp³-hybridized carbons (Fsp3) is 0.385. The Morgan fingerprint density at radius 3 is 2.54 bits per heavy atom. The first-order valence-electron chi connectivity index (χ1n) is 12.2. The van der Waals surface area contributed by atoms with Gasteiger partial charge < -0.3 is 4.90 Å². The molecule has 184 valence electrons. The molecule has 1 aliphatic heterocycles. The molecule has 0 N–H and O–H groups in total. The molecule has 35 heavy (non-hydrogen) atoms. The highest BCUT2D eigenvalue weighted by molar-refractivity contribution is 7.89. The summed E-state index contributed by atoms with van der Waals surface area (Å²) in [6.07, 6.45) is 3.79. The van der Waals surface area contributed by atoms with Gasteiger partial charge in [-0.3, -0.25) is 4.79 Å². The van der Waals surface area contributed by atoms with Gasteiger partial charge in [0.1, 0.15) is 11.5 Å². The van der Waals surface area contributed by atoms with E-state index in [2.05, 4.69) is 5.10 Å². The van der Waals surface area contributed by atoms with Crippen LogP contribution < -0.4 is 4.90 Å². The molecule has 2 aromatic carbocycles. The van der Waals surface area contributed by atoms with Crippen LogP contribution in [0, 0.1) is 5.82 Å². The molecule has 5 rings (SSSR count). The van der Waals surface area contributed by atoms with Crippen LogP contribution in [0.3, 0.4) is 0 Å². The molecule has 1 aliphatic carbocycles. The Morgan fingerprint density at radius 1 is 1.03 bits per heavy atom. The van der Waals surface area contributed by atoms with Crippen molar-refractivity contribution in [2.75, 3.05) is 24.5 Å². The number of fused-ring (bicyclic) bond motifs is 2. The Labute approximate surface area is 205 Å². The van der Waals surface area contributed by atoms with Gasteiger partial charge in [0, 0.05) is 36.6 Å². The molecule has 9 heteroatoms. The topological polar surface area (TPSA) is 75.5 Å². The third-order valence-corrected chi connectivity index (χ3v) is 9.02. The first-order valence-corrected chi connectivity index (χ1v) is 13.6. The van der Waals surface area contributed by atoms with Crippen LogP contribution in [0.25, 0.3) is 5.69 Å². The number of sulfonamides is 1. The Bertz CT molecular complexity index is 1400. The third-order valence-electron chi connectivity index (χ3n) is 6.97. The highest BCUT2D eigenvalue weighted by Gasteiger charge is 2.33. The molecule has 1 amide bonds. The van der Waals surface area contributed by atoms with Crippen molar-refractivity contribution < 1.29 is 17.6 Å². The van der Waals surface area contributed by atoms with Crippen molar-refractivity contribution in [1.29, 1.82) is 0 Å². The lowest BCUT2D eigenvalue weighted by molar-refractivity contribution is 0.0979. The minimum absolute atomic E-state index is 0.224. The highest BCUT2D eigenvalue weighted by Crippen LogP contribution is 2.34. The first-order chi connectivity index (χ1) is 16.9. The zero-order valence-electron chi connectivity index (χ0n) is 20.0. The van der Waals surface area contributed by atoms with Gasteiger partial charge >= 0.3 is 0 Å². The standard InChI is InChI=1S/C26H29FN4O3S/c1-3-29(4-2)35(33,34)19-14-15-22-18(17-19)9-8-16-30(22)26(32)25-20-10-7-13-23(20)31(28-25)24-12-6-5-11-21(24)27/h5-6,11-12,14-15,17H,3-4,7-10,13,16H2,1-2H3. The lowest BCUT2D eigenvalue weighted by Gasteiger charge is -2.30. The van der Waals surface area contributed by atoms with Crippen LogP contribution in [0.2, 0.25) is 0 Å². The van der Waals surface area contributed by atoms with Crippen molar-refractivity contribution in [3.63, 3.8) is 0 Å². The molecule has 0 atom stereocenters. The van der Waals surface area contributed by atoms with Crippen LogP contribution in [-0.4, -0.2) is 48.0 Å². The second kappa shape index (κ2) is 9.20. The quantitative estimate of drug-likeness (QED) is 0.515. The summed E-state index contributed by atoms with van der Waals surface area (Å²) in [5, 5.41) is 4.60. The number of carbonyl (C=O) groups is 1. The maximum atomic E-state index is 14.5. The zero-order valence-corrected chi connectivity index (χ0v) is 20.8.